The molecule has 0 aliphatic carbocycles. The number of carboxylic acid groups (broad SMARTS) is 1. The van der Waals surface area contributed by atoms with E-state index in [4.69, 9.17) is 4.74 Å². The molecule has 4 heteroatoms. The third-order valence-corrected chi connectivity index (χ3v) is 3.37. The summed E-state index contributed by atoms with van der Waals surface area (Å²) in [5, 5.41) is 19.6. The lowest BCUT2D eigenvalue weighted by atomic mass is 9.77. The van der Waals surface area contributed by atoms with Crippen molar-refractivity contribution in [2.75, 3.05) is 6.61 Å². The molecule has 1 rings (SSSR count). The molecule has 0 bridgehead atoms. The number of aliphatic hydroxyl groups is 1. The van der Waals surface area contributed by atoms with Crippen molar-refractivity contribution in [1.29, 1.82) is 0 Å². The SMILES string of the molecule is CCCCC(C(=O)O)C1(O)CCOC(C)C1. The number of hydrogen-bond donors (Lipinski definition) is 2. The predicted molar refractivity (Wildman–Crippen MR) is 60.2 cm³/mol. The van der Waals surface area contributed by atoms with Gasteiger partial charge < -0.3 is 14.9 Å². The van der Waals surface area contributed by atoms with Crippen LogP contribution in [-0.4, -0.2) is 34.5 Å². The maximum atomic E-state index is 11.2. The van der Waals surface area contributed by atoms with E-state index in [0.29, 0.717) is 25.9 Å². The minimum Gasteiger partial charge on any atom is -0.481 e. The number of hydrogen-bond acceptors (Lipinski definition) is 3. The van der Waals surface area contributed by atoms with Gasteiger partial charge in [-0.25, -0.2) is 0 Å². The Morgan fingerprint density at radius 1 is 1.62 bits per heavy atom. The highest BCUT2D eigenvalue weighted by atomic mass is 16.5. The molecule has 1 heterocycles. The van der Waals surface area contributed by atoms with Crippen molar-refractivity contribution < 1.29 is 19.7 Å². The van der Waals surface area contributed by atoms with Crippen molar-refractivity contribution in [2.24, 2.45) is 5.92 Å². The number of carbonyl (C=O) groups is 1. The molecular formula is C12H22O4. The van der Waals surface area contributed by atoms with Gasteiger partial charge in [0.25, 0.3) is 0 Å². The van der Waals surface area contributed by atoms with Gasteiger partial charge in [0.1, 0.15) is 0 Å². The molecular weight excluding hydrogens is 208 g/mol. The Labute approximate surface area is 96.6 Å². The van der Waals surface area contributed by atoms with Crippen molar-refractivity contribution in [3.05, 3.63) is 0 Å². The lowest BCUT2D eigenvalue weighted by molar-refractivity contribution is -0.166. The summed E-state index contributed by atoms with van der Waals surface area (Å²) in [4.78, 5) is 11.2. The third-order valence-electron chi connectivity index (χ3n) is 3.37. The highest BCUT2D eigenvalue weighted by molar-refractivity contribution is 5.71. The van der Waals surface area contributed by atoms with E-state index in [2.05, 4.69) is 0 Å². The fourth-order valence-corrected chi connectivity index (χ4v) is 2.44. The second-order valence-corrected chi connectivity index (χ2v) is 4.77. The molecule has 1 saturated heterocycles. The van der Waals surface area contributed by atoms with Crippen LogP contribution in [0.15, 0.2) is 0 Å². The average Bonchev–Trinajstić information content (AvgIpc) is 2.16. The van der Waals surface area contributed by atoms with Gasteiger partial charge in [0, 0.05) is 19.4 Å². The average molecular weight is 230 g/mol. The zero-order valence-electron chi connectivity index (χ0n) is 10.1. The van der Waals surface area contributed by atoms with E-state index in [1.165, 1.54) is 0 Å². The standard InChI is InChI=1S/C12H22O4/c1-3-4-5-10(11(13)14)12(15)6-7-16-9(2)8-12/h9-10,15H,3-8H2,1-2H3,(H,13,14). The van der Waals surface area contributed by atoms with Crippen molar-refractivity contribution in [3.63, 3.8) is 0 Å². The number of unbranched alkanes of at least 4 members (excludes halogenated alkanes) is 1. The van der Waals surface area contributed by atoms with Gasteiger partial charge in [-0.2, -0.15) is 0 Å². The Balaban J connectivity index is 2.70. The Morgan fingerprint density at radius 2 is 2.31 bits per heavy atom. The molecule has 0 saturated carbocycles. The second-order valence-electron chi connectivity index (χ2n) is 4.77. The maximum absolute atomic E-state index is 11.2. The Hall–Kier alpha value is -0.610. The fourth-order valence-electron chi connectivity index (χ4n) is 2.44. The predicted octanol–water partition coefficient (Wildman–Crippen LogP) is 1.81. The first kappa shape index (κ1) is 13.5. The van der Waals surface area contributed by atoms with Gasteiger partial charge in [-0.15, -0.1) is 0 Å². The van der Waals surface area contributed by atoms with Crippen LogP contribution in [0.25, 0.3) is 0 Å². The molecule has 0 aromatic carbocycles. The molecule has 1 aliphatic heterocycles. The fraction of sp³-hybridized carbons (Fsp3) is 0.917. The second kappa shape index (κ2) is 5.64. The summed E-state index contributed by atoms with van der Waals surface area (Å²) in [5.74, 6) is -1.54. The van der Waals surface area contributed by atoms with Crippen LogP contribution in [0.3, 0.4) is 0 Å². The van der Waals surface area contributed by atoms with E-state index in [0.717, 1.165) is 12.8 Å². The molecule has 3 unspecified atom stereocenters. The van der Waals surface area contributed by atoms with Crippen LogP contribution >= 0.6 is 0 Å². The normalized spacial score (nSPS) is 32.3. The topological polar surface area (TPSA) is 66.8 Å². The minimum absolute atomic E-state index is 0.0535. The van der Waals surface area contributed by atoms with Crippen LogP contribution < -0.4 is 0 Å². The van der Waals surface area contributed by atoms with Crippen LogP contribution in [-0.2, 0) is 9.53 Å². The van der Waals surface area contributed by atoms with Gasteiger partial charge in [0.2, 0.25) is 0 Å². The summed E-state index contributed by atoms with van der Waals surface area (Å²) in [6.07, 6.45) is 3.14. The van der Waals surface area contributed by atoms with Gasteiger partial charge in [-0.1, -0.05) is 19.8 Å². The van der Waals surface area contributed by atoms with Crippen LogP contribution in [0.5, 0.6) is 0 Å². The molecule has 2 N–H and O–H groups in total. The summed E-state index contributed by atoms with van der Waals surface area (Å²) < 4.78 is 5.35. The number of carboxylic acids is 1. The summed E-state index contributed by atoms with van der Waals surface area (Å²) in [6.45, 7) is 4.35. The molecule has 16 heavy (non-hydrogen) atoms. The zero-order valence-corrected chi connectivity index (χ0v) is 10.1. The summed E-state index contributed by atoms with van der Waals surface area (Å²) in [6, 6.07) is 0. The molecule has 94 valence electrons. The van der Waals surface area contributed by atoms with Crippen molar-refractivity contribution >= 4 is 5.97 Å². The van der Waals surface area contributed by atoms with Gasteiger partial charge in [0.15, 0.2) is 0 Å². The van der Waals surface area contributed by atoms with E-state index in [-0.39, 0.29) is 6.10 Å². The molecule has 3 atom stereocenters. The first-order valence-electron chi connectivity index (χ1n) is 6.06. The Kier molecular flexibility index (Phi) is 4.74. The minimum atomic E-state index is -1.08. The van der Waals surface area contributed by atoms with Crippen LogP contribution in [0, 0.1) is 5.92 Å². The first-order chi connectivity index (χ1) is 7.49. The maximum Gasteiger partial charge on any atom is 0.309 e. The lowest BCUT2D eigenvalue weighted by Crippen LogP contribution is -2.48. The van der Waals surface area contributed by atoms with Gasteiger partial charge in [0.05, 0.1) is 17.6 Å². The van der Waals surface area contributed by atoms with Crippen LogP contribution in [0.2, 0.25) is 0 Å². The molecule has 0 aromatic heterocycles. The summed E-state index contributed by atoms with van der Waals surface area (Å²) in [5.41, 5.74) is -1.08. The summed E-state index contributed by atoms with van der Waals surface area (Å²) >= 11 is 0. The molecule has 4 nitrogen and oxygen atoms in total. The van der Waals surface area contributed by atoms with E-state index in [1.807, 2.05) is 13.8 Å². The molecule has 1 fully saturated rings. The van der Waals surface area contributed by atoms with Gasteiger partial charge >= 0.3 is 5.97 Å². The molecule has 0 radical (unpaired) electrons. The first-order valence-corrected chi connectivity index (χ1v) is 6.06. The molecule has 0 spiro atoms. The number of ether oxygens (including phenoxy) is 1. The van der Waals surface area contributed by atoms with Crippen LogP contribution in [0.4, 0.5) is 0 Å². The quantitative estimate of drug-likeness (QED) is 0.756. The molecule has 1 aliphatic rings. The van der Waals surface area contributed by atoms with E-state index < -0.39 is 17.5 Å². The van der Waals surface area contributed by atoms with E-state index in [1.54, 1.807) is 0 Å². The zero-order chi connectivity index (χ0) is 12.2. The highest BCUT2D eigenvalue weighted by Gasteiger charge is 2.43. The largest absolute Gasteiger partial charge is 0.481 e. The van der Waals surface area contributed by atoms with Gasteiger partial charge in [-0.3, -0.25) is 4.79 Å². The van der Waals surface area contributed by atoms with E-state index >= 15 is 0 Å². The number of rotatable bonds is 5. The van der Waals surface area contributed by atoms with Crippen LogP contribution in [0.1, 0.15) is 46.0 Å². The van der Waals surface area contributed by atoms with Crippen molar-refractivity contribution in [3.8, 4) is 0 Å². The van der Waals surface area contributed by atoms with Gasteiger partial charge in [-0.05, 0) is 13.3 Å². The Bertz CT molecular complexity index is 241. The van der Waals surface area contributed by atoms with Crippen molar-refractivity contribution in [2.45, 2.75) is 57.7 Å². The third kappa shape index (κ3) is 3.19. The smallest absolute Gasteiger partial charge is 0.309 e. The highest BCUT2D eigenvalue weighted by Crippen LogP contribution is 2.34. The summed E-state index contributed by atoms with van der Waals surface area (Å²) in [7, 11) is 0. The monoisotopic (exact) mass is 230 g/mol. The molecule has 0 amide bonds. The molecule has 0 aromatic rings. The Morgan fingerprint density at radius 3 is 2.81 bits per heavy atom. The van der Waals surface area contributed by atoms with Crippen molar-refractivity contribution in [1.82, 2.24) is 0 Å². The lowest BCUT2D eigenvalue weighted by Gasteiger charge is -2.39. The van der Waals surface area contributed by atoms with E-state index in [9.17, 15) is 15.0 Å². The number of aliphatic carboxylic acids is 1.